The van der Waals surface area contributed by atoms with Crippen LogP contribution in [0.3, 0.4) is 0 Å². The SMILES string of the molecule is COCCN1CC(NC(=O)Nc2c(C)c(-c3cnn(C(C)C)c3)nn2-c2ccccc2)C(c2ccc(F)c(F)c2)C1. The lowest BCUT2D eigenvalue weighted by Crippen LogP contribution is -2.42. The Morgan fingerprint density at radius 1 is 1.12 bits per heavy atom. The smallest absolute Gasteiger partial charge is 0.320 e. The molecule has 1 fully saturated rings. The molecule has 9 nitrogen and oxygen atoms in total. The minimum absolute atomic E-state index is 0.195. The van der Waals surface area contributed by atoms with Crippen molar-refractivity contribution >= 4 is 11.8 Å². The van der Waals surface area contributed by atoms with E-state index >= 15 is 0 Å². The maximum absolute atomic E-state index is 14.1. The van der Waals surface area contributed by atoms with Crippen LogP contribution in [0.25, 0.3) is 16.9 Å². The third kappa shape index (κ3) is 6.15. The van der Waals surface area contributed by atoms with Crippen LogP contribution in [0.15, 0.2) is 60.9 Å². The molecule has 0 radical (unpaired) electrons. The Labute approximate surface area is 238 Å². The number of urea groups is 1. The molecule has 2 amide bonds. The van der Waals surface area contributed by atoms with E-state index in [0.717, 1.165) is 22.9 Å². The summed E-state index contributed by atoms with van der Waals surface area (Å²) in [6.07, 6.45) is 3.72. The van der Waals surface area contributed by atoms with E-state index < -0.39 is 17.7 Å². The highest BCUT2D eigenvalue weighted by Gasteiger charge is 2.35. The molecule has 1 aliphatic heterocycles. The van der Waals surface area contributed by atoms with Gasteiger partial charge in [0.2, 0.25) is 0 Å². The number of hydrogen-bond acceptors (Lipinski definition) is 5. The summed E-state index contributed by atoms with van der Waals surface area (Å²) in [6.45, 7) is 8.31. The number of nitrogens with zero attached hydrogens (tertiary/aromatic N) is 5. The number of aromatic nitrogens is 4. The molecule has 2 unspecified atom stereocenters. The van der Waals surface area contributed by atoms with Crippen LogP contribution in [-0.4, -0.2) is 69.9 Å². The van der Waals surface area contributed by atoms with Gasteiger partial charge in [-0.15, -0.1) is 0 Å². The monoisotopic (exact) mass is 563 g/mol. The molecule has 2 aromatic heterocycles. The van der Waals surface area contributed by atoms with E-state index in [1.54, 1.807) is 24.1 Å². The van der Waals surface area contributed by atoms with Crippen LogP contribution < -0.4 is 10.6 Å². The molecule has 2 atom stereocenters. The first kappa shape index (κ1) is 28.4. The van der Waals surface area contributed by atoms with Gasteiger partial charge < -0.3 is 10.1 Å². The third-order valence-electron chi connectivity index (χ3n) is 7.45. The number of hydrogen-bond donors (Lipinski definition) is 2. The van der Waals surface area contributed by atoms with Crippen molar-refractivity contribution in [1.82, 2.24) is 29.8 Å². The zero-order chi connectivity index (χ0) is 29.1. The molecule has 0 bridgehead atoms. The maximum Gasteiger partial charge on any atom is 0.320 e. The number of carbonyl (C=O) groups is 1. The highest BCUT2D eigenvalue weighted by atomic mass is 19.2. The van der Waals surface area contributed by atoms with Crippen molar-refractivity contribution in [3.63, 3.8) is 0 Å². The summed E-state index contributed by atoms with van der Waals surface area (Å²) in [4.78, 5) is 15.6. The van der Waals surface area contributed by atoms with Crippen LogP contribution in [0.4, 0.5) is 19.4 Å². The minimum atomic E-state index is -0.906. The maximum atomic E-state index is 14.1. The number of likely N-dealkylation sites (tertiary alicyclic amines) is 1. The molecular formula is C30H35F2N7O2. The fraction of sp³-hybridized carbons (Fsp3) is 0.367. The van der Waals surface area contributed by atoms with Crippen LogP contribution in [-0.2, 0) is 4.74 Å². The quantitative estimate of drug-likeness (QED) is 0.295. The molecule has 2 N–H and O–H groups in total. The van der Waals surface area contributed by atoms with Crippen molar-refractivity contribution in [3.05, 3.63) is 83.7 Å². The average Bonchev–Trinajstić information content (AvgIpc) is 3.68. The lowest BCUT2D eigenvalue weighted by Gasteiger charge is -2.21. The summed E-state index contributed by atoms with van der Waals surface area (Å²) in [5.41, 5.74) is 3.76. The van der Waals surface area contributed by atoms with Gasteiger partial charge in [-0.1, -0.05) is 24.3 Å². The van der Waals surface area contributed by atoms with Crippen LogP contribution >= 0.6 is 0 Å². The molecule has 1 aliphatic rings. The summed E-state index contributed by atoms with van der Waals surface area (Å²) in [5.74, 6) is -1.51. The highest BCUT2D eigenvalue weighted by molar-refractivity contribution is 5.91. The Hall–Kier alpha value is -4.09. The molecular weight excluding hydrogens is 528 g/mol. The Morgan fingerprint density at radius 2 is 1.90 bits per heavy atom. The first-order valence-corrected chi connectivity index (χ1v) is 13.7. The van der Waals surface area contributed by atoms with Gasteiger partial charge in [0.25, 0.3) is 0 Å². The summed E-state index contributed by atoms with van der Waals surface area (Å²) in [6, 6.07) is 12.9. The number of ether oxygens (including phenoxy) is 1. The Kier molecular flexibility index (Phi) is 8.46. The molecule has 5 rings (SSSR count). The Morgan fingerprint density at radius 3 is 2.59 bits per heavy atom. The number of methoxy groups -OCH3 is 1. The van der Waals surface area contributed by atoms with Crippen LogP contribution in [0.2, 0.25) is 0 Å². The van der Waals surface area contributed by atoms with Crippen LogP contribution in [0.5, 0.6) is 0 Å². The first-order chi connectivity index (χ1) is 19.7. The molecule has 3 heterocycles. The average molecular weight is 564 g/mol. The predicted octanol–water partition coefficient (Wildman–Crippen LogP) is 5.14. The summed E-state index contributed by atoms with van der Waals surface area (Å²) >= 11 is 0. The summed E-state index contributed by atoms with van der Waals surface area (Å²) < 4.78 is 36.6. The molecule has 0 saturated carbocycles. The number of anilines is 1. The van der Waals surface area contributed by atoms with Crippen molar-refractivity contribution in [1.29, 1.82) is 0 Å². The van der Waals surface area contributed by atoms with Gasteiger partial charge in [0, 0.05) is 56.0 Å². The third-order valence-corrected chi connectivity index (χ3v) is 7.45. The molecule has 2 aromatic carbocycles. The zero-order valence-corrected chi connectivity index (χ0v) is 23.6. The van der Waals surface area contributed by atoms with E-state index in [0.29, 0.717) is 43.3 Å². The lowest BCUT2D eigenvalue weighted by atomic mass is 9.94. The summed E-state index contributed by atoms with van der Waals surface area (Å²) in [5, 5.41) is 15.4. The van der Waals surface area contributed by atoms with E-state index in [4.69, 9.17) is 9.84 Å². The topological polar surface area (TPSA) is 89.2 Å². The number of carbonyl (C=O) groups excluding carboxylic acids is 1. The number of para-hydroxylation sites is 1. The fourth-order valence-electron chi connectivity index (χ4n) is 5.24. The van der Waals surface area contributed by atoms with Gasteiger partial charge in [-0.2, -0.15) is 10.2 Å². The van der Waals surface area contributed by atoms with Crippen molar-refractivity contribution in [2.45, 2.75) is 38.8 Å². The van der Waals surface area contributed by atoms with Gasteiger partial charge in [0.1, 0.15) is 11.5 Å². The number of benzene rings is 2. The number of amides is 2. The van der Waals surface area contributed by atoms with Crippen LogP contribution in [0.1, 0.15) is 36.9 Å². The predicted molar refractivity (Wildman–Crippen MR) is 153 cm³/mol. The number of halogens is 2. The van der Waals surface area contributed by atoms with E-state index in [9.17, 15) is 13.6 Å². The van der Waals surface area contributed by atoms with Gasteiger partial charge in [-0.25, -0.2) is 18.3 Å². The molecule has 4 aromatic rings. The van der Waals surface area contributed by atoms with Gasteiger partial charge in [-0.05, 0) is 50.6 Å². The van der Waals surface area contributed by atoms with Crippen molar-refractivity contribution in [2.24, 2.45) is 0 Å². The number of nitrogens with one attached hydrogen (secondary N) is 2. The van der Waals surface area contributed by atoms with E-state index in [-0.39, 0.29) is 18.0 Å². The number of rotatable bonds is 9. The van der Waals surface area contributed by atoms with Crippen molar-refractivity contribution < 1.29 is 18.3 Å². The van der Waals surface area contributed by atoms with Crippen LogP contribution in [0, 0.1) is 18.6 Å². The Bertz CT molecular complexity index is 1500. The normalized spacial score (nSPS) is 17.3. The lowest BCUT2D eigenvalue weighted by molar-refractivity contribution is 0.159. The largest absolute Gasteiger partial charge is 0.383 e. The zero-order valence-electron chi connectivity index (χ0n) is 23.6. The molecule has 1 saturated heterocycles. The second-order valence-electron chi connectivity index (χ2n) is 10.6. The highest BCUT2D eigenvalue weighted by Crippen LogP contribution is 2.32. The van der Waals surface area contributed by atoms with Gasteiger partial charge in [-0.3, -0.25) is 14.9 Å². The van der Waals surface area contributed by atoms with Gasteiger partial charge in [0.05, 0.1) is 24.5 Å². The molecule has 0 aliphatic carbocycles. The Balaban J connectivity index is 1.42. The van der Waals surface area contributed by atoms with Gasteiger partial charge >= 0.3 is 6.03 Å². The van der Waals surface area contributed by atoms with Gasteiger partial charge in [0.15, 0.2) is 11.6 Å². The molecule has 0 spiro atoms. The van der Waals surface area contributed by atoms with E-state index in [2.05, 4.69) is 34.5 Å². The molecule has 11 heteroatoms. The standard InChI is InChI=1S/C30H35F2N7O2/c1-19(2)38-16-22(15-33-38)28-20(3)29(39(36-28)23-8-6-5-7-9-23)35-30(40)34-27-18-37(12-13-41-4)17-24(27)21-10-11-25(31)26(32)14-21/h5-11,14-16,19,24,27H,12-13,17-18H2,1-4H3,(H2,34,35,40). The first-order valence-electron chi connectivity index (χ1n) is 13.7. The minimum Gasteiger partial charge on any atom is -0.383 e. The summed E-state index contributed by atoms with van der Waals surface area (Å²) in [7, 11) is 1.63. The van der Waals surface area contributed by atoms with Crippen molar-refractivity contribution in [3.8, 4) is 16.9 Å². The second-order valence-corrected chi connectivity index (χ2v) is 10.6. The molecule has 41 heavy (non-hydrogen) atoms. The fourth-order valence-corrected chi connectivity index (χ4v) is 5.24. The van der Waals surface area contributed by atoms with E-state index in [1.807, 2.05) is 48.1 Å². The van der Waals surface area contributed by atoms with E-state index in [1.165, 1.54) is 6.07 Å². The second kappa shape index (κ2) is 12.2. The molecule has 216 valence electrons. The van der Waals surface area contributed by atoms with Crippen molar-refractivity contribution in [2.75, 3.05) is 38.7 Å².